The number of amides is 1. The van der Waals surface area contributed by atoms with E-state index in [1.165, 1.54) is 6.42 Å². The normalized spacial score (nSPS) is 19.7. The Morgan fingerprint density at radius 2 is 2.05 bits per heavy atom. The van der Waals surface area contributed by atoms with Gasteiger partial charge < -0.3 is 10.6 Å². The number of hydrogen-bond donors (Lipinski definition) is 1. The lowest BCUT2D eigenvalue weighted by molar-refractivity contribution is 0.0758. The molecule has 0 bridgehead atoms. The van der Waals surface area contributed by atoms with Gasteiger partial charge in [0.1, 0.15) is 0 Å². The smallest absolute Gasteiger partial charge is 0.254 e. The van der Waals surface area contributed by atoms with Crippen LogP contribution in [0.2, 0.25) is 0 Å². The van der Waals surface area contributed by atoms with Crippen molar-refractivity contribution >= 4 is 27.5 Å². The van der Waals surface area contributed by atoms with Crippen molar-refractivity contribution in [3.63, 3.8) is 0 Å². The highest BCUT2D eigenvalue weighted by atomic mass is 79.9. The zero-order chi connectivity index (χ0) is 15.6. The predicted octanol–water partition coefficient (Wildman–Crippen LogP) is 4.24. The minimum Gasteiger partial charge on any atom is -0.398 e. The topological polar surface area (TPSA) is 46.3 Å². The molecule has 116 valence electrons. The van der Waals surface area contributed by atoms with Crippen LogP contribution in [0.5, 0.6) is 0 Å². The lowest BCUT2D eigenvalue weighted by Gasteiger charge is -2.23. The van der Waals surface area contributed by atoms with Crippen LogP contribution in [-0.2, 0) is 0 Å². The molecule has 1 aliphatic rings. The van der Waals surface area contributed by atoms with Gasteiger partial charge in [-0.2, -0.15) is 0 Å². The fourth-order valence-electron chi connectivity index (χ4n) is 3.08. The third kappa shape index (κ3) is 3.79. The molecule has 1 atom stereocenters. The summed E-state index contributed by atoms with van der Waals surface area (Å²) < 4.78 is 0.865. The number of nitrogens with two attached hydrogens (primary N) is 1. The fraction of sp³-hybridized carbons (Fsp3) is 0.588. The predicted molar refractivity (Wildman–Crippen MR) is 91.4 cm³/mol. The number of nitrogen functional groups attached to an aromatic ring is 1. The van der Waals surface area contributed by atoms with Crippen LogP contribution in [0.1, 0.15) is 49.0 Å². The van der Waals surface area contributed by atoms with Gasteiger partial charge in [0.05, 0.1) is 0 Å². The number of anilines is 1. The molecule has 1 aromatic rings. The summed E-state index contributed by atoms with van der Waals surface area (Å²) >= 11 is 3.43. The first-order valence-electron chi connectivity index (χ1n) is 7.75. The van der Waals surface area contributed by atoms with Crippen molar-refractivity contribution in [3.8, 4) is 0 Å². The number of nitrogens with zero attached hydrogens (tertiary/aromatic N) is 1. The molecule has 1 aromatic carbocycles. The average Bonchev–Trinajstić information content (AvgIpc) is 2.68. The van der Waals surface area contributed by atoms with Crippen molar-refractivity contribution in [2.45, 2.75) is 40.0 Å². The molecule has 0 spiro atoms. The molecule has 2 rings (SSSR count). The Labute approximate surface area is 136 Å². The molecule has 2 N–H and O–H groups in total. The number of carbonyl (C=O) groups excluding carboxylic acids is 1. The molecule has 0 saturated carbocycles. The zero-order valence-corrected chi connectivity index (χ0v) is 14.7. The van der Waals surface area contributed by atoms with Crippen molar-refractivity contribution in [1.82, 2.24) is 4.90 Å². The van der Waals surface area contributed by atoms with Crippen LogP contribution < -0.4 is 5.73 Å². The van der Waals surface area contributed by atoms with Crippen LogP contribution in [0, 0.1) is 18.8 Å². The summed E-state index contributed by atoms with van der Waals surface area (Å²) in [5, 5.41) is 0. The monoisotopic (exact) mass is 352 g/mol. The van der Waals surface area contributed by atoms with Crippen molar-refractivity contribution in [3.05, 3.63) is 27.7 Å². The van der Waals surface area contributed by atoms with E-state index in [4.69, 9.17) is 5.73 Å². The van der Waals surface area contributed by atoms with E-state index in [-0.39, 0.29) is 5.91 Å². The summed E-state index contributed by atoms with van der Waals surface area (Å²) in [7, 11) is 0. The summed E-state index contributed by atoms with van der Waals surface area (Å²) in [6, 6.07) is 3.74. The molecule has 1 aliphatic heterocycles. The number of hydrogen-bond acceptors (Lipinski definition) is 2. The van der Waals surface area contributed by atoms with Crippen LogP contribution in [0.4, 0.5) is 5.69 Å². The van der Waals surface area contributed by atoms with Crippen molar-refractivity contribution in [2.24, 2.45) is 11.8 Å². The Morgan fingerprint density at radius 3 is 2.71 bits per heavy atom. The number of benzene rings is 1. The molecule has 3 nitrogen and oxygen atoms in total. The van der Waals surface area contributed by atoms with E-state index >= 15 is 0 Å². The minimum atomic E-state index is 0.116. The van der Waals surface area contributed by atoms with E-state index in [0.717, 1.165) is 47.4 Å². The number of likely N-dealkylation sites (tertiary alicyclic amines) is 1. The SMILES string of the molecule is Cc1c(N)cc(Br)cc1C(=O)N1CCCC(C(C)C)CC1. The standard InChI is InChI=1S/C17H25BrN2O/c1-11(2)13-5-4-7-20(8-6-13)17(21)15-9-14(18)10-16(19)12(15)3/h9-11,13H,4-8,19H2,1-3H3. The van der Waals surface area contributed by atoms with Gasteiger partial charge in [-0.05, 0) is 55.7 Å². The number of carbonyl (C=O) groups is 1. The quantitative estimate of drug-likeness (QED) is 0.809. The summed E-state index contributed by atoms with van der Waals surface area (Å²) in [5.74, 6) is 1.55. The first-order valence-corrected chi connectivity index (χ1v) is 8.54. The van der Waals surface area contributed by atoms with Gasteiger partial charge in [0.25, 0.3) is 5.91 Å². The first-order chi connectivity index (χ1) is 9.90. The third-order valence-corrected chi connectivity index (χ3v) is 5.10. The van der Waals surface area contributed by atoms with E-state index in [0.29, 0.717) is 11.6 Å². The van der Waals surface area contributed by atoms with Crippen LogP contribution in [0.25, 0.3) is 0 Å². The highest BCUT2D eigenvalue weighted by molar-refractivity contribution is 9.10. The molecular weight excluding hydrogens is 328 g/mol. The van der Waals surface area contributed by atoms with Crippen LogP contribution in [0.3, 0.4) is 0 Å². The highest BCUT2D eigenvalue weighted by Gasteiger charge is 2.24. The van der Waals surface area contributed by atoms with Gasteiger partial charge in [0.2, 0.25) is 0 Å². The molecule has 21 heavy (non-hydrogen) atoms. The molecule has 1 fully saturated rings. The Balaban J connectivity index is 2.17. The van der Waals surface area contributed by atoms with Crippen LogP contribution in [0.15, 0.2) is 16.6 Å². The van der Waals surface area contributed by atoms with Gasteiger partial charge >= 0.3 is 0 Å². The largest absolute Gasteiger partial charge is 0.398 e. The van der Waals surface area contributed by atoms with Gasteiger partial charge in [-0.3, -0.25) is 4.79 Å². The maximum Gasteiger partial charge on any atom is 0.254 e. The molecule has 1 unspecified atom stereocenters. The maximum atomic E-state index is 12.8. The molecule has 0 radical (unpaired) electrons. The van der Waals surface area contributed by atoms with Crippen LogP contribution in [-0.4, -0.2) is 23.9 Å². The maximum absolute atomic E-state index is 12.8. The van der Waals surface area contributed by atoms with Gasteiger partial charge in [-0.25, -0.2) is 0 Å². The van der Waals surface area contributed by atoms with E-state index in [1.54, 1.807) is 0 Å². The number of halogens is 1. The van der Waals surface area contributed by atoms with E-state index in [2.05, 4.69) is 29.8 Å². The van der Waals surface area contributed by atoms with E-state index < -0.39 is 0 Å². The summed E-state index contributed by atoms with van der Waals surface area (Å²) in [5.41, 5.74) is 8.26. The number of rotatable bonds is 2. The van der Waals surface area contributed by atoms with Gasteiger partial charge in [0.15, 0.2) is 0 Å². The highest BCUT2D eigenvalue weighted by Crippen LogP contribution is 2.27. The molecule has 0 aromatic heterocycles. The van der Waals surface area contributed by atoms with Crippen molar-refractivity contribution in [2.75, 3.05) is 18.8 Å². The van der Waals surface area contributed by atoms with Crippen LogP contribution >= 0.6 is 15.9 Å². The average molecular weight is 353 g/mol. The van der Waals surface area contributed by atoms with E-state index in [9.17, 15) is 4.79 Å². The Bertz CT molecular complexity index is 528. The van der Waals surface area contributed by atoms with Gasteiger partial charge in [0, 0.05) is 28.8 Å². The molecule has 1 saturated heterocycles. The zero-order valence-electron chi connectivity index (χ0n) is 13.2. The fourth-order valence-corrected chi connectivity index (χ4v) is 3.56. The summed E-state index contributed by atoms with van der Waals surface area (Å²) in [6.07, 6.45) is 3.42. The van der Waals surface area contributed by atoms with Gasteiger partial charge in [-0.15, -0.1) is 0 Å². The second-order valence-electron chi connectivity index (χ2n) is 6.39. The lowest BCUT2D eigenvalue weighted by atomic mass is 9.89. The molecule has 1 heterocycles. The first kappa shape index (κ1) is 16.3. The van der Waals surface area contributed by atoms with Crippen molar-refractivity contribution in [1.29, 1.82) is 0 Å². The molecule has 4 heteroatoms. The molecule has 1 amide bonds. The Hall–Kier alpha value is -1.03. The van der Waals surface area contributed by atoms with E-state index in [1.807, 2.05) is 24.0 Å². The second-order valence-corrected chi connectivity index (χ2v) is 7.31. The minimum absolute atomic E-state index is 0.116. The second kappa shape index (κ2) is 6.82. The third-order valence-electron chi connectivity index (χ3n) is 4.65. The Kier molecular flexibility index (Phi) is 5.31. The molecule has 0 aliphatic carbocycles. The van der Waals surface area contributed by atoms with Crippen molar-refractivity contribution < 1.29 is 4.79 Å². The molecular formula is C17H25BrN2O. The lowest BCUT2D eigenvalue weighted by Crippen LogP contribution is -2.32. The summed E-state index contributed by atoms with van der Waals surface area (Å²) in [4.78, 5) is 14.8. The van der Waals surface area contributed by atoms with Gasteiger partial charge in [-0.1, -0.05) is 29.8 Å². The Morgan fingerprint density at radius 1 is 1.33 bits per heavy atom. The summed E-state index contributed by atoms with van der Waals surface area (Å²) in [6.45, 7) is 8.19.